The van der Waals surface area contributed by atoms with Gasteiger partial charge in [0.15, 0.2) is 0 Å². The fraction of sp³-hybridized carbons (Fsp3) is 0.538. The normalized spacial score (nSPS) is 12.2. The minimum absolute atomic E-state index is 0.0131. The van der Waals surface area contributed by atoms with Gasteiger partial charge in [0.25, 0.3) is 5.91 Å². The van der Waals surface area contributed by atoms with Crippen LogP contribution in [0.4, 0.5) is 5.69 Å². The van der Waals surface area contributed by atoms with Crippen molar-refractivity contribution in [2.75, 3.05) is 24.8 Å². The molecule has 1 unspecified atom stereocenters. The predicted octanol–water partition coefficient (Wildman–Crippen LogP) is 2.19. The van der Waals surface area contributed by atoms with Gasteiger partial charge in [-0.05, 0) is 38.3 Å². The smallest absolute Gasteiger partial charge is 0.255 e. The summed E-state index contributed by atoms with van der Waals surface area (Å²) in [6, 6.07) is 1.91. The lowest BCUT2D eigenvalue weighted by molar-refractivity contribution is 0.0740. The molecule has 5 heteroatoms. The minimum atomic E-state index is -0.0131. The summed E-state index contributed by atoms with van der Waals surface area (Å²) in [4.78, 5) is 18.2. The summed E-state index contributed by atoms with van der Waals surface area (Å²) in [5.41, 5.74) is 7.52. The highest BCUT2D eigenvalue weighted by Crippen LogP contribution is 2.15. The Morgan fingerprint density at radius 3 is 2.89 bits per heavy atom. The lowest BCUT2D eigenvalue weighted by Crippen LogP contribution is -2.36. The van der Waals surface area contributed by atoms with Crippen molar-refractivity contribution >= 4 is 23.4 Å². The molecule has 0 spiro atoms. The molecule has 0 aliphatic carbocycles. The van der Waals surface area contributed by atoms with E-state index in [4.69, 9.17) is 5.73 Å². The molecular weight excluding hydrogens is 246 g/mol. The van der Waals surface area contributed by atoms with E-state index in [0.29, 0.717) is 11.3 Å². The van der Waals surface area contributed by atoms with Gasteiger partial charge in [-0.25, -0.2) is 0 Å². The van der Waals surface area contributed by atoms with E-state index in [-0.39, 0.29) is 11.9 Å². The molecule has 0 fully saturated rings. The topological polar surface area (TPSA) is 59.2 Å². The number of pyridine rings is 1. The van der Waals surface area contributed by atoms with Crippen LogP contribution in [-0.4, -0.2) is 40.9 Å². The molecule has 1 rings (SSSR count). The summed E-state index contributed by atoms with van der Waals surface area (Å²) in [6.07, 6.45) is 4.63. The monoisotopic (exact) mass is 267 g/mol. The van der Waals surface area contributed by atoms with E-state index in [1.807, 2.05) is 14.0 Å². The van der Waals surface area contributed by atoms with Crippen LogP contribution < -0.4 is 5.73 Å². The Kier molecular flexibility index (Phi) is 5.47. The number of nitrogens with two attached hydrogens (primary N) is 1. The molecule has 0 radical (unpaired) electrons. The predicted molar refractivity (Wildman–Crippen MR) is 77.9 cm³/mol. The number of carbonyl (C=O) groups excluding carboxylic acids is 1. The molecule has 1 heterocycles. The van der Waals surface area contributed by atoms with Gasteiger partial charge in [-0.1, -0.05) is 0 Å². The van der Waals surface area contributed by atoms with Crippen molar-refractivity contribution in [1.82, 2.24) is 9.88 Å². The average molecular weight is 267 g/mol. The zero-order valence-corrected chi connectivity index (χ0v) is 12.3. The second-order valence-corrected chi connectivity index (χ2v) is 5.43. The second-order valence-electron chi connectivity index (χ2n) is 4.45. The van der Waals surface area contributed by atoms with Gasteiger partial charge in [-0.15, -0.1) is 0 Å². The summed E-state index contributed by atoms with van der Waals surface area (Å²) in [5.74, 6) is 1.04. The zero-order chi connectivity index (χ0) is 13.7. The number of nitrogens with zero attached hydrogens (tertiary/aromatic N) is 2. The molecule has 0 aliphatic heterocycles. The van der Waals surface area contributed by atoms with Crippen LogP contribution in [-0.2, 0) is 0 Å². The van der Waals surface area contributed by atoms with Crippen LogP contribution >= 0.6 is 11.8 Å². The Labute approximate surface area is 113 Å². The molecule has 1 aromatic heterocycles. The highest BCUT2D eigenvalue weighted by molar-refractivity contribution is 7.98. The zero-order valence-electron chi connectivity index (χ0n) is 11.4. The van der Waals surface area contributed by atoms with E-state index >= 15 is 0 Å². The molecule has 2 N–H and O–H groups in total. The van der Waals surface area contributed by atoms with Crippen LogP contribution in [0.25, 0.3) is 0 Å². The first kappa shape index (κ1) is 14.8. The minimum Gasteiger partial charge on any atom is -0.397 e. The molecule has 0 bridgehead atoms. The molecule has 1 amide bonds. The quantitative estimate of drug-likeness (QED) is 0.888. The van der Waals surface area contributed by atoms with Gasteiger partial charge >= 0.3 is 0 Å². The molecule has 0 saturated carbocycles. The van der Waals surface area contributed by atoms with Crippen LogP contribution in [0.5, 0.6) is 0 Å². The van der Waals surface area contributed by atoms with Crippen molar-refractivity contribution in [2.45, 2.75) is 26.3 Å². The Morgan fingerprint density at radius 2 is 2.28 bits per heavy atom. The van der Waals surface area contributed by atoms with Crippen molar-refractivity contribution in [3.05, 3.63) is 23.5 Å². The summed E-state index contributed by atoms with van der Waals surface area (Å²) in [7, 11) is 1.83. The summed E-state index contributed by atoms with van der Waals surface area (Å²) in [6.45, 7) is 3.89. The van der Waals surface area contributed by atoms with Crippen molar-refractivity contribution in [2.24, 2.45) is 0 Å². The van der Waals surface area contributed by atoms with E-state index in [9.17, 15) is 4.79 Å². The SMILES string of the molecule is CSCCC(C)N(C)C(=O)c1cc(N)cnc1C. The largest absolute Gasteiger partial charge is 0.397 e. The Bertz CT molecular complexity index is 423. The fourth-order valence-corrected chi connectivity index (χ4v) is 2.21. The van der Waals surface area contributed by atoms with Crippen molar-refractivity contribution in [1.29, 1.82) is 0 Å². The fourth-order valence-electron chi connectivity index (χ4n) is 1.64. The molecule has 0 aliphatic rings. The van der Waals surface area contributed by atoms with Gasteiger partial charge < -0.3 is 10.6 Å². The first-order valence-corrected chi connectivity index (χ1v) is 7.35. The van der Waals surface area contributed by atoms with Gasteiger partial charge in [0.1, 0.15) is 0 Å². The Hall–Kier alpha value is -1.23. The maximum absolute atomic E-state index is 12.3. The van der Waals surface area contributed by atoms with Crippen LogP contribution in [0, 0.1) is 6.92 Å². The van der Waals surface area contributed by atoms with Crippen molar-refractivity contribution in [3.8, 4) is 0 Å². The van der Waals surface area contributed by atoms with Crippen molar-refractivity contribution < 1.29 is 4.79 Å². The lowest BCUT2D eigenvalue weighted by Gasteiger charge is -2.25. The van der Waals surface area contributed by atoms with Crippen LogP contribution in [0.3, 0.4) is 0 Å². The third kappa shape index (κ3) is 3.63. The Balaban J connectivity index is 2.82. The second kappa shape index (κ2) is 6.64. The highest BCUT2D eigenvalue weighted by Gasteiger charge is 2.19. The third-order valence-corrected chi connectivity index (χ3v) is 3.70. The number of amides is 1. The number of hydrogen-bond donors (Lipinski definition) is 1. The molecular formula is C13H21N3OS. The van der Waals surface area contributed by atoms with Crippen LogP contribution in [0.1, 0.15) is 29.4 Å². The number of rotatable bonds is 5. The van der Waals surface area contributed by atoms with Gasteiger partial charge in [-0.3, -0.25) is 9.78 Å². The van der Waals surface area contributed by atoms with E-state index in [0.717, 1.165) is 17.9 Å². The summed E-state index contributed by atoms with van der Waals surface area (Å²) < 4.78 is 0. The standard InChI is InChI=1S/C13H21N3OS/c1-9(5-6-18-4)16(3)13(17)12-7-11(14)8-15-10(12)2/h7-9H,5-6,14H2,1-4H3. The number of anilines is 1. The van der Waals surface area contributed by atoms with Gasteiger partial charge in [0.05, 0.1) is 23.1 Å². The van der Waals surface area contributed by atoms with E-state index < -0.39 is 0 Å². The molecule has 1 atom stereocenters. The molecule has 1 aromatic rings. The molecule has 100 valence electrons. The lowest BCUT2D eigenvalue weighted by atomic mass is 10.1. The summed E-state index contributed by atoms with van der Waals surface area (Å²) in [5, 5.41) is 0. The number of hydrogen-bond acceptors (Lipinski definition) is 4. The van der Waals surface area contributed by atoms with Gasteiger partial charge in [-0.2, -0.15) is 11.8 Å². The van der Waals surface area contributed by atoms with E-state index in [2.05, 4.69) is 18.2 Å². The highest BCUT2D eigenvalue weighted by atomic mass is 32.2. The van der Waals surface area contributed by atoms with Gasteiger partial charge in [0.2, 0.25) is 0 Å². The number of thioether (sulfide) groups is 1. The number of carbonyl (C=O) groups is 1. The third-order valence-electron chi connectivity index (χ3n) is 3.06. The van der Waals surface area contributed by atoms with Crippen LogP contribution in [0.2, 0.25) is 0 Å². The Morgan fingerprint density at radius 1 is 1.61 bits per heavy atom. The first-order chi connectivity index (χ1) is 8.47. The number of aryl methyl sites for hydroxylation is 1. The first-order valence-electron chi connectivity index (χ1n) is 5.95. The van der Waals surface area contributed by atoms with Gasteiger partial charge in [0, 0.05) is 13.1 Å². The summed E-state index contributed by atoms with van der Waals surface area (Å²) >= 11 is 1.79. The van der Waals surface area contributed by atoms with Crippen LogP contribution in [0.15, 0.2) is 12.3 Å². The molecule has 0 aromatic carbocycles. The van der Waals surface area contributed by atoms with Crippen molar-refractivity contribution in [3.63, 3.8) is 0 Å². The molecule has 18 heavy (non-hydrogen) atoms. The maximum Gasteiger partial charge on any atom is 0.255 e. The van der Waals surface area contributed by atoms with E-state index in [1.54, 1.807) is 28.9 Å². The molecule has 4 nitrogen and oxygen atoms in total. The van der Waals surface area contributed by atoms with E-state index in [1.165, 1.54) is 0 Å². The number of nitrogen functional groups attached to an aromatic ring is 1. The molecule has 0 saturated heterocycles. The average Bonchev–Trinajstić information content (AvgIpc) is 2.37. The maximum atomic E-state index is 12.3. The number of aromatic nitrogens is 1.